The molecule has 0 atom stereocenters. The minimum atomic E-state index is 0.0584. The lowest BCUT2D eigenvalue weighted by Gasteiger charge is -1.97. The molecule has 2 heteroatoms. The number of aromatic hydroxyl groups is 1. The third kappa shape index (κ3) is 1.16. The van der Waals surface area contributed by atoms with Crippen molar-refractivity contribution in [2.75, 3.05) is 0 Å². The highest BCUT2D eigenvalue weighted by Crippen LogP contribution is 2.12. The Labute approximate surface area is 59.9 Å². The second-order valence-corrected chi connectivity index (χ2v) is 2.10. The highest BCUT2D eigenvalue weighted by molar-refractivity contribution is 5.50. The molecule has 1 aromatic heterocycles. The van der Waals surface area contributed by atoms with Crippen molar-refractivity contribution in [1.29, 1.82) is 0 Å². The highest BCUT2D eigenvalue weighted by atomic mass is 16.3. The second kappa shape index (κ2) is 2.52. The van der Waals surface area contributed by atoms with Crippen LogP contribution in [0.25, 0.3) is 6.08 Å². The quantitative estimate of drug-likeness (QED) is 0.636. The SMILES string of the molecule is C=Cc1cnc(O)cc1C. The zero-order valence-corrected chi connectivity index (χ0v) is 5.83. The minimum Gasteiger partial charge on any atom is -0.493 e. The van der Waals surface area contributed by atoms with E-state index in [9.17, 15) is 0 Å². The summed E-state index contributed by atoms with van der Waals surface area (Å²) in [6.07, 6.45) is 3.30. The normalized spacial score (nSPS) is 9.30. The van der Waals surface area contributed by atoms with Crippen LogP contribution in [0.1, 0.15) is 11.1 Å². The van der Waals surface area contributed by atoms with Crippen LogP contribution >= 0.6 is 0 Å². The van der Waals surface area contributed by atoms with Crippen molar-refractivity contribution in [3.63, 3.8) is 0 Å². The maximum Gasteiger partial charge on any atom is 0.210 e. The Kier molecular flexibility index (Phi) is 1.71. The summed E-state index contributed by atoms with van der Waals surface area (Å²) in [4.78, 5) is 3.70. The smallest absolute Gasteiger partial charge is 0.210 e. The Hall–Kier alpha value is -1.31. The molecular weight excluding hydrogens is 126 g/mol. The van der Waals surface area contributed by atoms with Crippen molar-refractivity contribution >= 4 is 6.08 Å². The molecule has 0 amide bonds. The minimum absolute atomic E-state index is 0.0584. The van der Waals surface area contributed by atoms with E-state index < -0.39 is 0 Å². The molecule has 1 N–H and O–H groups in total. The van der Waals surface area contributed by atoms with Gasteiger partial charge >= 0.3 is 0 Å². The fourth-order valence-electron chi connectivity index (χ4n) is 0.765. The van der Waals surface area contributed by atoms with E-state index in [-0.39, 0.29) is 5.88 Å². The molecule has 0 aromatic carbocycles. The molecule has 1 aromatic rings. The number of aryl methyl sites for hydroxylation is 1. The third-order valence-corrected chi connectivity index (χ3v) is 1.36. The van der Waals surface area contributed by atoms with Crippen molar-refractivity contribution in [2.24, 2.45) is 0 Å². The van der Waals surface area contributed by atoms with Crippen LogP contribution in [0.2, 0.25) is 0 Å². The van der Waals surface area contributed by atoms with Crippen molar-refractivity contribution in [2.45, 2.75) is 6.92 Å². The molecule has 0 radical (unpaired) electrons. The van der Waals surface area contributed by atoms with Crippen LogP contribution in [0.3, 0.4) is 0 Å². The van der Waals surface area contributed by atoms with Crippen molar-refractivity contribution in [3.8, 4) is 5.88 Å². The molecule has 2 nitrogen and oxygen atoms in total. The van der Waals surface area contributed by atoms with Crippen molar-refractivity contribution in [3.05, 3.63) is 30.0 Å². The lowest BCUT2D eigenvalue weighted by atomic mass is 10.2. The Morgan fingerprint density at radius 2 is 2.40 bits per heavy atom. The van der Waals surface area contributed by atoms with Crippen LogP contribution in [-0.2, 0) is 0 Å². The van der Waals surface area contributed by atoms with Crippen LogP contribution < -0.4 is 0 Å². The first-order chi connectivity index (χ1) is 4.74. The second-order valence-electron chi connectivity index (χ2n) is 2.10. The topological polar surface area (TPSA) is 33.1 Å². The van der Waals surface area contributed by atoms with Gasteiger partial charge in [-0.1, -0.05) is 12.7 Å². The predicted molar refractivity (Wildman–Crippen MR) is 40.7 cm³/mol. The molecule has 0 aliphatic heterocycles. The molecule has 0 spiro atoms. The van der Waals surface area contributed by atoms with E-state index in [1.807, 2.05) is 6.92 Å². The average Bonchev–Trinajstić information content (AvgIpc) is 1.88. The lowest BCUT2D eigenvalue weighted by molar-refractivity contribution is 0.453. The summed E-state index contributed by atoms with van der Waals surface area (Å²) < 4.78 is 0. The number of hydrogen-bond acceptors (Lipinski definition) is 2. The maximum absolute atomic E-state index is 8.89. The van der Waals surface area contributed by atoms with E-state index in [1.54, 1.807) is 18.3 Å². The largest absolute Gasteiger partial charge is 0.493 e. The number of aromatic nitrogens is 1. The molecule has 0 bridgehead atoms. The maximum atomic E-state index is 8.89. The highest BCUT2D eigenvalue weighted by Gasteiger charge is 1.94. The fourth-order valence-corrected chi connectivity index (χ4v) is 0.765. The van der Waals surface area contributed by atoms with Gasteiger partial charge in [0.05, 0.1) is 0 Å². The standard InChI is InChI=1S/C8H9NO/c1-3-7-5-9-8(10)4-6(7)2/h3-5H,1H2,2H3,(H,9,10). The molecule has 10 heavy (non-hydrogen) atoms. The van der Waals surface area contributed by atoms with E-state index in [0.717, 1.165) is 11.1 Å². The monoisotopic (exact) mass is 135 g/mol. The van der Waals surface area contributed by atoms with E-state index >= 15 is 0 Å². The molecule has 0 aliphatic carbocycles. The fraction of sp³-hybridized carbons (Fsp3) is 0.125. The number of hydrogen-bond donors (Lipinski definition) is 1. The van der Waals surface area contributed by atoms with Gasteiger partial charge in [-0.2, -0.15) is 0 Å². The van der Waals surface area contributed by atoms with Crippen LogP contribution in [0.4, 0.5) is 0 Å². The van der Waals surface area contributed by atoms with Gasteiger partial charge in [0.1, 0.15) is 0 Å². The number of rotatable bonds is 1. The summed E-state index contributed by atoms with van der Waals surface area (Å²) >= 11 is 0. The van der Waals surface area contributed by atoms with Crippen molar-refractivity contribution < 1.29 is 5.11 Å². The Balaban J connectivity index is 3.19. The summed E-state index contributed by atoms with van der Waals surface area (Å²) in [7, 11) is 0. The Morgan fingerprint density at radius 1 is 1.70 bits per heavy atom. The summed E-state index contributed by atoms with van der Waals surface area (Å²) in [5.74, 6) is 0.0584. The van der Waals surface area contributed by atoms with Gasteiger partial charge in [-0.25, -0.2) is 4.98 Å². The Bertz CT molecular complexity index is 255. The van der Waals surface area contributed by atoms with Crippen LogP contribution in [-0.4, -0.2) is 10.1 Å². The molecule has 0 saturated heterocycles. The molecular formula is C8H9NO. The Morgan fingerprint density at radius 3 is 2.90 bits per heavy atom. The van der Waals surface area contributed by atoms with Gasteiger partial charge in [-0.05, 0) is 18.1 Å². The molecule has 0 unspecified atom stereocenters. The van der Waals surface area contributed by atoms with E-state index in [1.165, 1.54) is 0 Å². The summed E-state index contributed by atoms with van der Waals surface area (Å²) in [5.41, 5.74) is 1.94. The van der Waals surface area contributed by atoms with Gasteiger partial charge in [0, 0.05) is 12.3 Å². The van der Waals surface area contributed by atoms with Crippen LogP contribution in [0.5, 0.6) is 5.88 Å². The predicted octanol–water partition coefficient (Wildman–Crippen LogP) is 1.74. The van der Waals surface area contributed by atoms with E-state index in [4.69, 9.17) is 5.11 Å². The van der Waals surface area contributed by atoms with E-state index in [2.05, 4.69) is 11.6 Å². The first-order valence-electron chi connectivity index (χ1n) is 3.02. The van der Waals surface area contributed by atoms with Gasteiger partial charge in [-0.3, -0.25) is 0 Å². The van der Waals surface area contributed by atoms with Gasteiger partial charge in [-0.15, -0.1) is 0 Å². The van der Waals surface area contributed by atoms with Gasteiger partial charge in [0.15, 0.2) is 0 Å². The summed E-state index contributed by atoms with van der Waals surface area (Å²) in [5, 5.41) is 8.89. The number of nitrogens with zero attached hydrogens (tertiary/aromatic N) is 1. The van der Waals surface area contributed by atoms with Crippen LogP contribution in [0, 0.1) is 6.92 Å². The lowest BCUT2D eigenvalue weighted by Crippen LogP contribution is -1.81. The molecule has 1 rings (SSSR count). The number of pyridine rings is 1. The molecule has 0 aliphatic rings. The molecule has 0 fully saturated rings. The van der Waals surface area contributed by atoms with Crippen LogP contribution in [0.15, 0.2) is 18.8 Å². The van der Waals surface area contributed by atoms with Gasteiger partial charge < -0.3 is 5.11 Å². The zero-order chi connectivity index (χ0) is 7.56. The summed E-state index contributed by atoms with van der Waals surface area (Å²) in [6.45, 7) is 5.50. The first-order valence-corrected chi connectivity index (χ1v) is 3.02. The van der Waals surface area contributed by atoms with Gasteiger partial charge in [0.25, 0.3) is 0 Å². The first kappa shape index (κ1) is 6.81. The van der Waals surface area contributed by atoms with Crippen molar-refractivity contribution in [1.82, 2.24) is 4.98 Å². The molecule has 1 heterocycles. The van der Waals surface area contributed by atoms with E-state index in [0.29, 0.717) is 0 Å². The molecule has 0 saturated carbocycles. The summed E-state index contributed by atoms with van der Waals surface area (Å²) in [6, 6.07) is 1.61. The average molecular weight is 135 g/mol. The molecule has 52 valence electrons. The third-order valence-electron chi connectivity index (χ3n) is 1.36. The zero-order valence-electron chi connectivity index (χ0n) is 5.83. The van der Waals surface area contributed by atoms with Gasteiger partial charge in [0.2, 0.25) is 5.88 Å².